The number of nitrogens with zero attached hydrogens (tertiary/aromatic N) is 3. The van der Waals surface area contributed by atoms with E-state index >= 15 is 0 Å². The quantitative estimate of drug-likeness (QED) is 0.211. The van der Waals surface area contributed by atoms with Gasteiger partial charge >= 0.3 is 7.75 Å². The molecule has 1 saturated heterocycles. The van der Waals surface area contributed by atoms with Crippen LogP contribution in [0.2, 0.25) is 0 Å². The van der Waals surface area contributed by atoms with Crippen LogP contribution in [0.4, 0.5) is 5.95 Å². The highest BCUT2D eigenvalue weighted by atomic mass is 31.2. The molecule has 5 atom stereocenters. The minimum atomic E-state index is -4.80. The van der Waals surface area contributed by atoms with Crippen LogP contribution in [0.15, 0.2) is 11.1 Å². The van der Waals surface area contributed by atoms with E-state index in [0.717, 1.165) is 0 Å². The molecule has 152 valence electrons. The second kappa shape index (κ2) is 7.97. The van der Waals surface area contributed by atoms with E-state index in [-0.39, 0.29) is 15.5 Å². The number of aromatic amines is 1. The fourth-order valence-electron chi connectivity index (χ4n) is 2.23. The van der Waals surface area contributed by atoms with Crippen LogP contribution in [-0.4, -0.2) is 91.9 Å². The molecule has 15 nitrogen and oxygen atoms in total. The van der Waals surface area contributed by atoms with Crippen LogP contribution in [0.5, 0.6) is 0 Å². The molecule has 0 bridgehead atoms. The lowest BCUT2D eigenvalue weighted by atomic mass is 10.00. The summed E-state index contributed by atoms with van der Waals surface area (Å²) in [6.07, 6.45) is -5.86. The summed E-state index contributed by atoms with van der Waals surface area (Å²) in [6.45, 7) is -0.526. The number of fused-ring (bicyclic) bond motifs is 1. The number of hydrogen-bond donors (Lipinski definition) is 9. The van der Waals surface area contributed by atoms with Gasteiger partial charge in [0.1, 0.15) is 24.4 Å². The molecule has 2 aromatic heterocycles. The van der Waals surface area contributed by atoms with Crippen molar-refractivity contribution in [3.63, 3.8) is 0 Å². The third kappa shape index (κ3) is 4.32. The third-order valence-electron chi connectivity index (χ3n) is 3.59. The van der Waals surface area contributed by atoms with Gasteiger partial charge in [0.15, 0.2) is 17.5 Å². The van der Waals surface area contributed by atoms with Gasteiger partial charge in [-0.2, -0.15) is 9.32 Å². The first-order valence-electron chi connectivity index (χ1n) is 7.25. The van der Waals surface area contributed by atoms with Gasteiger partial charge in [0.25, 0.3) is 5.56 Å². The molecule has 10 N–H and O–H groups in total. The summed E-state index contributed by atoms with van der Waals surface area (Å²) in [5, 5.41) is 44.7. The van der Waals surface area contributed by atoms with Crippen LogP contribution in [-0.2, 0) is 9.30 Å². The van der Waals surface area contributed by atoms with Gasteiger partial charge in [-0.3, -0.25) is 4.79 Å². The molecule has 0 spiro atoms. The number of H-pyrrole nitrogens is 1. The summed E-state index contributed by atoms with van der Waals surface area (Å²) in [5.74, 6) is -0.576. The Balaban J connectivity index is 0.000000199. The first kappa shape index (κ1) is 21.4. The van der Waals surface area contributed by atoms with Gasteiger partial charge in [-0.1, -0.05) is 0 Å². The molecule has 16 heteroatoms. The second-order valence-corrected chi connectivity index (χ2v) is 6.85. The molecule has 0 aromatic carbocycles. The number of ether oxygens (including phenoxy) is 1. The summed E-state index contributed by atoms with van der Waals surface area (Å²) in [7, 11) is -4.80. The molecule has 0 aliphatic carbocycles. The maximum Gasteiger partial charge on any atom is 0.439 e. The number of nitrogens with one attached hydrogen (secondary N) is 1. The van der Waals surface area contributed by atoms with Gasteiger partial charge in [-0.15, -0.1) is 0 Å². The molecule has 0 unspecified atom stereocenters. The molecule has 27 heavy (non-hydrogen) atoms. The van der Waals surface area contributed by atoms with Crippen LogP contribution in [0, 0.1) is 0 Å². The Bertz CT molecular complexity index is 891. The number of imidazole rings is 1. The van der Waals surface area contributed by atoms with E-state index in [9.17, 15) is 9.36 Å². The lowest BCUT2D eigenvalue weighted by Crippen LogP contribution is -2.58. The van der Waals surface area contributed by atoms with E-state index in [0.29, 0.717) is 0 Å². The summed E-state index contributed by atoms with van der Waals surface area (Å²) in [6, 6.07) is 0. The minimum absolute atomic E-state index is 0.0159. The maximum absolute atomic E-state index is 11.5. The minimum Gasteiger partial charge on any atom is -0.394 e. The zero-order valence-electron chi connectivity index (χ0n) is 13.4. The normalized spacial score (nSPS) is 28.6. The highest BCUT2D eigenvalue weighted by Crippen LogP contribution is 2.36. The van der Waals surface area contributed by atoms with Crippen LogP contribution in [0.3, 0.4) is 0 Å². The van der Waals surface area contributed by atoms with Crippen molar-refractivity contribution in [2.75, 3.05) is 12.3 Å². The fourth-order valence-corrected chi connectivity index (χ4v) is 2.88. The van der Waals surface area contributed by atoms with Crippen LogP contribution >= 0.6 is 7.75 Å². The monoisotopic (exact) mass is 411 g/mol. The first-order chi connectivity index (χ1) is 12.5. The van der Waals surface area contributed by atoms with Crippen molar-refractivity contribution in [2.24, 2.45) is 0 Å². The Morgan fingerprint density at radius 2 is 1.85 bits per heavy atom. The number of anilines is 1. The Morgan fingerprint density at radius 3 is 2.41 bits per heavy atom. The molecule has 1 aliphatic rings. The van der Waals surface area contributed by atoms with E-state index in [1.165, 1.54) is 6.33 Å². The Hall–Kier alpha value is -1.94. The summed E-state index contributed by atoms with van der Waals surface area (Å²) in [5.41, 5.74) is 4.20. The van der Waals surface area contributed by atoms with Gasteiger partial charge in [0, 0.05) is 0 Å². The summed E-state index contributed by atoms with van der Waals surface area (Å²) < 4.78 is 15.6. The standard InChI is InChI=1S/C6H12O6.C5H6N5O4P/c7-1-2-3(8)4(9)5(10)6(11)12-2;6-5-9-3-2(7-1-8-3)4(11)10(5)15(12,13)14/h2-11H,1H2;1H,(H2,6,9)(H,7,8)(H2,12,13,14)/t2-,3-,4+,5+,6+;/m1./s1. The predicted molar refractivity (Wildman–Crippen MR) is 86.0 cm³/mol. The number of aromatic nitrogens is 4. The molecule has 0 saturated carbocycles. The van der Waals surface area contributed by atoms with Crippen molar-refractivity contribution in [1.82, 2.24) is 19.3 Å². The van der Waals surface area contributed by atoms with Crippen molar-refractivity contribution in [1.29, 1.82) is 0 Å². The van der Waals surface area contributed by atoms with Crippen molar-refractivity contribution in [3.05, 3.63) is 16.7 Å². The van der Waals surface area contributed by atoms with E-state index in [4.69, 9.17) is 41.1 Å². The lowest BCUT2D eigenvalue weighted by Gasteiger charge is -2.37. The highest BCUT2D eigenvalue weighted by Gasteiger charge is 2.42. The Labute approximate surface area is 149 Å². The third-order valence-corrected chi connectivity index (χ3v) is 4.50. The molecule has 2 aromatic rings. The van der Waals surface area contributed by atoms with Gasteiger partial charge < -0.3 is 50.8 Å². The number of aliphatic hydroxyl groups is 5. The fraction of sp³-hybridized carbons (Fsp3) is 0.545. The molecule has 1 aliphatic heterocycles. The number of nitrogen functional groups attached to an aromatic ring is 1. The SMILES string of the molecule is Nc1nc2nc[nH]c2c(=O)n1P(=O)(O)O.OC[C@H]1O[C@H](O)[C@@H](O)[C@@H](O)[C@@H]1O. The highest BCUT2D eigenvalue weighted by molar-refractivity contribution is 7.50. The van der Waals surface area contributed by atoms with Crippen molar-refractivity contribution < 1.29 is 44.6 Å². The largest absolute Gasteiger partial charge is 0.439 e. The van der Waals surface area contributed by atoms with Gasteiger partial charge in [-0.05, 0) is 0 Å². The zero-order valence-corrected chi connectivity index (χ0v) is 14.3. The molecule has 3 heterocycles. The average Bonchev–Trinajstić information content (AvgIpc) is 3.04. The maximum atomic E-state index is 11.5. The van der Waals surface area contributed by atoms with Crippen molar-refractivity contribution in [3.8, 4) is 0 Å². The van der Waals surface area contributed by atoms with Crippen molar-refractivity contribution >= 4 is 24.9 Å². The first-order valence-corrected chi connectivity index (χ1v) is 8.82. The molecule has 1 fully saturated rings. The van der Waals surface area contributed by atoms with Crippen LogP contribution in [0.1, 0.15) is 0 Å². The number of nitrogens with two attached hydrogens (primary N) is 1. The lowest BCUT2D eigenvalue weighted by molar-refractivity contribution is -0.286. The number of aliphatic hydroxyl groups excluding tert-OH is 5. The van der Waals surface area contributed by atoms with E-state index in [1.54, 1.807) is 0 Å². The summed E-state index contributed by atoms with van der Waals surface area (Å²) in [4.78, 5) is 38.9. The van der Waals surface area contributed by atoms with Crippen LogP contribution < -0.4 is 11.3 Å². The van der Waals surface area contributed by atoms with Crippen molar-refractivity contribution in [2.45, 2.75) is 30.7 Å². The van der Waals surface area contributed by atoms with E-state index in [2.05, 4.69) is 19.7 Å². The number of rotatable bonds is 2. The Kier molecular flexibility index (Phi) is 6.31. The smallest absolute Gasteiger partial charge is 0.394 e. The van der Waals surface area contributed by atoms with Gasteiger partial charge in [0.2, 0.25) is 5.95 Å². The van der Waals surface area contributed by atoms with E-state index < -0.39 is 56.6 Å². The Morgan fingerprint density at radius 1 is 1.22 bits per heavy atom. The van der Waals surface area contributed by atoms with Gasteiger partial charge in [-0.25, -0.2) is 9.55 Å². The zero-order chi connectivity index (χ0) is 20.5. The average molecular weight is 411 g/mol. The predicted octanol–water partition coefficient (Wildman–Crippen LogP) is -4.58. The molecular weight excluding hydrogens is 393 g/mol. The number of hydrogen-bond acceptors (Lipinski definition) is 11. The molecular formula is C11H18N5O10P. The molecule has 0 amide bonds. The topological polar surface area (TPSA) is 257 Å². The second-order valence-electron chi connectivity index (χ2n) is 5.42. The summed E-state index contributed by atoms with van der Waals surface area (Å²) >= 11 is 0. The van der Waals surface area contributed by atoms with Crippen LogP contribution in [0.25, 0.3) is 11.2 Å². The van der Waals surface area contributed by atoms with Gasteiger partial charge in [0.05, 0.1) is 12.9 Å². The van der Waals surface area contributed by atoms with E-state index in [1.807, 2.05) is 0 Å². The molecule has 3 rings (SSSR count). The molecule has 0 radical (unpaired) electrons.